The highest BCUT2D eigenvalue weighted by Gasteiger charge is 2.25. The number of ketones is 1. The lowest BCUT2D eigenvalue weighted by Gasteiger charge is -2.27. The molecule has 0 saturated carbocycles. The highest BCUT2D eigenvalue weighted by molar-refractivity contribution is 5.91. The van der Waals surface area contributed by atoms with Crippen LogP contribution < -0.4 is 5.73 Å². The number of primary amides is 1. The van der Waals surface area contributed by atoms with Gasteiger partial charge in [0.2, 0.25) is 6.08 Å². The number of esters is 1. The van der Waals surface area contributed by atoms with E-state index in [-0.39, 0.29) is 24.4 Å². The molecule has 1 aliphatic rings. The van der Waals surface area contributed by atoms with Gasteiger partial charge in [-0.05, 0) is 31.8 Å². The van der Waals surface area contributed by atoms with E-state index in [1.54, 1.807) is 6.08 Å². The van der Waals surface area contributed by atoms with Gasteiger partial charge in [0, 0.05) is 12.0 Å². The number of carbonyl (C=O) groups excluding carboxylic acids is 4. The van der Waals surface area contributed by atoms with Crippen LogP contribution in [0, 0.1) is 10.8 Å². The van der Waals surface area contributed by atoms with Crippen LogP contribution in [0.5, 0.6) is 0 Å². The van der Waals surface area contributed by atoms with Gasteiger partial charge in [-0.3, -0.25) is 4.79 Å². The van der Waals surface area contributed by atoms with Gasteiger partial charge in [-0.1, -0.05) is 26.0 Å². The molecule has 25 heavy (non-hydrogen) atoms. The van der Waals surface area contributed by atoms with Crippen LogP contribution in [0.15, 0.2) is 23.8 Å². The third kappa shape index (κ3) is 15.9. The van der Waals surface area contributed by atoms with E-state index in [1.165, 1.54) is 12.5 Å². The van der Waals surface area contributed by atoms with Crippen LogP contribution in [0.4, 0.5) is 4.79 Å². The number of rotatable bonds is 4. The SMILES string of the molecule is C=C(C)C(=O)OCCOC(N)=O.CC1=CC(=O)CC(C)(C)C1.N=C=O. The molecule has 1 rings (SSSR count). The maximum atomic E-state index is 11.0. The van der Waals surface area contributed by atoms with Crippen LogP contribution in [-0.2, 0) is 23.9 Å². The number of hydrogen-bond acceptors (Lipinski definition) is 7. The summed E-state index contributed by atoms with van der Waals surface area (Å²) in [6.45, 7) is 11.2. The zero-order valence-corrected chi connectivity index (χ0v) is 15.1. The lowest BCUT2D eigenvalue weighted by atomic mass is 9.77. The molecule has 0 bridgehead atoms. The van der Waals surface area contributed by atoms with Crippen molar-refractivity contribution in [3.8, 4) is 0 Å². The Hall–Kier alpha value is -2.73. The fourth-order valence-electron chi connectivity index (χ4n) is 2.07. The van der Waals surface area contributed by atoms with Crippen molar-refractivity contribution in [1.29, 1.82) is 5.41 Å². The second-order valence-corrected chi connectivity index (χ2v) is 6.16. The Morgan fingerprint density at radius 3 is 2.16 bits per heavy atom. The van der Waals surface area contributed by atoms with E-state index in [1.807, 2.05) is 6.92 Å². The smallest absolute Gasteiger partial charge is 0.404 e. The molecule has 0 aromatic carbocycles. The molecule has 0 fully saturated rings. The minimum atomic E-state index is -0.888. The molecule has 0 aromatic heterocycles. The Kier molecular flexibility index (Phi) is 12.4. The van der Waals surface area contributed by atoms with Crippen molar-refractivity contribution in [1.82, 2.24) is 0 Å². The second-order valence-electron chi connectivity index (χ2n) is 6.16. The predicted octanol–water partition coefficient (Wildman–Crippen LogP) is 2.42. The number of carbonyl (C=O) groups is 3. The summed E-state index contributed by atoms with van der Waals surface area (Å²) in [5, 5.41) is 5.40. The minimum Gasteiger partial charge on any atom is -0.459 e. The highest BCUT2D eigenvalue weighted by atomic mass is 16.6. The maximum absolute atomic E-state index is 11.0. The fourth-order valence-corrected chi connectivity index (χ4v) is 2.07. The van der Waals surface area contributed by atoms with Crippen LogP contribution in [0.25, 0.3) is 0 Å². The number of isocyanates is 1. The Morgan fingerprint density at radius 1 is 1.32 bits per heavy atom. The van der Waals surface area contributed by atoms with Crippen LogP contribution in [0.3, 0.4) is 0 Å². The molecule has 1 amide bonds. The Balaban J connectivity index is 0. The van der Waals surface area contributed by atoms with Gasteiger partial charge >= 0.3 is 12.1 Å². The summed E-state index contributed by atoms with van der Waals surface area (Å²) in [7, 11) is 0. The fraction of sp³-hybridized carbons (Fsp3) is 0.529. The number of amides is 1. The molecule has 0 unspecified atom stereocenters. The number of ether oxygens (including phenoxy) is 2. The van der Waals surface area contributed by atoms with E-state index in [2.05, 4.69) is 35.6 Å². The molecular weight excluding hydrogens is 328 g/mol. The summed E-state index contributed by atoms with van der Waals surface area (Å²) in [6, 6.07) is 0. The van der Waals surface area contributed by atoms with Crippen LogP contribution in [-0.4, -0.2) is 37.1 Å². The number of nitrogens with two attached hydrogens (primary N) is 1. The normalized spacial score (nSPS) is 14.2. The van der Waals surface area contributed by atoms with E-state index in [0.717, 1.165) is 12.5 Å². The van der Waals surface area contributed by atoms with Gasteiger partial charge in [-0.2, -0.15) is 0 Å². The zero-order valence-electron chi connectivity index (χ0n) is 15.1. The Bertz CT molecular complexity index is 557. The molecule has 0 spiro atoms. The molecule has 140 valence electrons. The largest absolute Gasteiger partial charge is 0.459 e. The van der Waals surface area contributed by atoms with E-state index in [0.29, 0.717) is 12.0 Å². The summed E-state index contributed by atoms with van der Waals surface area (Å²) in [5.74, 6) is -0.225. The molecule has 8 nitrogen and oxygen atoms in total. The Labute approximate surface area is 147 Å². The van der Waals surface area contributed by atoms with Gasteiger partial charge in [-0.25, -0.2) is 19.8 Å². The Morgan fingerprint density at radius 2 is 1.80 bits per heavy atom. The summed E-state index contributed by atoms with van der Waals surface area (Å²) < 4.78 is 8.89. The lowest BCUT2D eigenvalue weighted by Crippen LogP contribution is -2.20. The van der Waals surface area contributed by atoms with Crippen molar-refractivity contribution in [3.63, 3.8) is 0 Å². The standard InChI is InChI=1S/C9H14O.C7H11NO4.CHNO/c1-7-4-8(10)6-9(2,3)5-7;1-5(2)6(9)11-3-4-12-7(8)10;2-1-3/h4H,5-6H2,1-3H3;1,3-4H2,2H3,(H2,8,10);2H. The number of hydrogen-bond donors (Lipinski definition) is 2. The first-order valence-electron chi connectivity index (χ1n) is 7.44. The number of allylic oxidation sites excluding steroid dienone is 2. The summed E-state index contributed by atoms with van der Waals surface area (Å²) >= 11 is 0. The van der Waals surface area contributed by atoms with Gasteiger partial charge in [0.1, 0.15) is 13.2 Å². The van der Waals surface area contributed by atoms with Crippen molar-refractivity contribution in [2.24, 2.45) is 11.1 Å². The zero-order chi connectivity index (χ0) is 20.0. The molecule has 0 atom stereocenters. The van der Waals surface area contributed by atoms with Gasteiger partial charge in [-0.15, -0.1) is 0 Å². The van der Waals surface area contributed by atoms with Crippen molar-refractivity contribution in [2.45, 2.75) is 40.5 Å². The molecule has 1 aliphatic carbocycles. The highest BCUT2D eigenvalue weighted by Crippen LogP contribution is 2.32. The van der Waals surface area contributed by atoms with Crippen molar-refractivity contribution >= 4 is 23.9 Å². The van der Waals surface area contributed by atoms with Crippen LogP contribution in [0.1, 0.15) is 40.5 Å². The van der Waals surface area contributed by atoms with Crippen molar-refractivity contribution in [3.05, 3.63) is 23.8 Å². The van der Waals surface area contributed by atoms with Crippen molar-refractivity contribution < 1.29 is 28.7 Å². The first kappa shape index (κ1) is 24.5. The molecule has 3 N–H and O–H groups in total. The molecule has 0 heterocycles. The second kappa shape index (κ2) is 12.7. The predicted molar refractivity (Wildman–Crippen MR) is 91.5 cm³/mol. The van der Waals surface area contributed by atoms with Gasteiger partial charge in [0.15, 0.2) is 5.78 Å². The molecule has 0 aliphatic heterocycles. The van der Waals surface area contributed by atoms with Gasteiger partial charge < -0.3 is 15.2 Å². The maximum Gasteiger partial charge on any atom is 0.404 e. The van der Waals surface area contributed by atoms with E-state index in [4.69, 9.17) is 10.2 Å². The van der Waals surface area contributed by atoms with E-state index in [9.17, 15) is 14.4 Å². The van der Waals surface area contributed by atoms with Crippen LogP contribution in [0.2, 0.25) is 0 Å². The van der Waals surface area contributed by atoms with Crippen molar-refractivity contribution in [2.75, 3.05) is 13.2 Å². The quantitative estimate of drug-likeness (QED) is 0.261. The van der Waals surface area contributed by atoms with E-state index >= 15 is 0 Å². The minimum absolute atomic E-state index is 0.00532. The van der Waals surface area contributed by atoms with Gasteiger partial charge in [0.05, 0.1) is 0 Å². The molecular formula is C17H26N2O6. The summed E-state index contributed by atoms with van der Waals surface area (Å²) in [4.78, 5) is 40.1. The summed E-state index contributed by atoms with van der Waals surface area (Å²) in [6.07, 6.45) is 3.41. The van der Waals surface area contributed by atoms with Gasteiger partial charge in [0.25, 0.3) is 0 Å². The summed E-state index contributed by atoms with van der Waals surface area (Å²) in [5.41, 5.74) is 6.38. The average molecular weight is 354 g/mol. The first-order chi connectivity index (χ1) is 11.4. The topological polar surface area (TPSA) is 137 Å². The molecule has 0 radical (unpaired) electrons. The average Bonchev–Trinajstić information content (AvgIpc) is 2.41. The third-order valence-corrected chi connectivity index (χ3v) is 2.73. The molecule has 0 saturated heterocycles. The van der Waals surface area contributed by atoms with Crippen LogP contribution >= 0.6 is 0 Å². The van der Waals surface area contributed by atoms with E-state index < -0.39 is 12.1 Å². The lowest BCUT2D eigenvalue weighted by molar-refractivity contribution is -0.139. The molecule has 8 heteroatoms. The first-order valence-corrected chi connectivity index (χ1v) is 7.44. The third-order valence-electron chi connectivity index (χ3n) is 2.73. The number of nitrogens with one attached hydrogen (secondary N) is 1. The monoisotopic (exact) mass is 354 g/mol. The molecule has 0 aromatic rings.